The second kappa shape index (κ2) is 8.28. The van der Waals surface area contributed by atoms with Crippen molar-refractivity contribution in [1.82, 2.24) is 21.0 Å². The second-order valence-electron chi connectivity index (χ2n) is 7.51. The molecule has 0 bridgehead atoms. The molecule has 1 aromatic heterocycles. The molecule has 4 rings (SSSR count). The average Bonchev–Trinajstić information content (AvgIpc) is 2.78. The number of aromatic amines is 1. The van der Waals surface area contributed by atoms with E-state index in [1.54, 1.807) is 30.3 Å². The van der Waals surface area contributed by atoms with Gasteiger partial charge in [-0.05, 0) is 36.6 Å². The summed E-state index contributed by atoms with van der Waals surface area (Å²) in [6, 6.07) is 14.0. The molecule has 7 nitrogen and oxygen atoms in total. The Balaban J connectivity index is 1.58. The lowest BCUT2D eigenvalue weighted by atomic mass is 9.69. The molecule has 2 aromatic carbocycles. The van der Waals surface area contributed by atoms with Gasteiger partial charge in [0.15, 0.2) is 5.69 Å². The number of hydrogen-bond donors (Lipinski definition) is 3. The van der Waals surface area contributed by atoms with E-state index in [0.717, 1.165) is 24.8 Å². The predicted molar refractivity (Wildman–Crippen MR) is 114 cm³/mol. The van der Waals surface area contributed by atoms with Crippen LogP contribution in [0, 0.1) is 0 Å². The Morgan fingerprint density at radius 2 is 1.70 bits per heavy atom. The van der Waals surface area contributed by atoms with Crippen LogP contribution in [0.5, 0.6) is 0 Å². The number of halogens is 1. The minimum Gasteiger partial charge on any atom is -0.272 e. The zero-order chi connectivity index (χ0) is 21.1. The van der Waals surface area contributed by atoms with Crippen LogP contribution in [0.15, 0.2) is 53.3 Å². The van der Waals surface area contributed by atoms with Gasteiger partial charge in [0, 0.05) is 10.4 Å². The van der Waals surface area contributed by atoms with Gasteiger partial charge in [-0.1, -0.05) is 61.2 Å². The lowest BCUT2D eigenvalue weighted by molar-refractivity contribution is -0.128. The first-order valence-corrected chi connectivity index (χ1v) is 10.2. The maximum absolute atomic E-state index is 13.2. The van der Waals surface area contributed by atoms with Gasteiger partial charge in [0.1, 0.15) is 0 Å². The van der Waals surface area contributed by atoms with Crippen molar-refractivity contribution < 1.29 is 9.59 Å². The molecule has 3 N–H and O–H groups in total. The molecular weight excluding hydrogens is 404 g/mol. The molecule has 1 aliphatic rings. The third kappa shape index (κ3) is 3.68. The molecule has 1 heterocycles. The van der Waals surface area contributed by atoms with Crippen LogP contribution in [0.4, 0.5) is 0 Å². The number of hydrogen-bond acceptors (Lipinski definition) is 4. The Hall–Kier alpha value is -3.19. The zero-order valence-electron chi connectivity index (χ0n) is 16.2. The third-order valence-electron chi connectivity index (χ3n) is 5.72. The lowest BCUT2D eigenvalue weighted by Crippen LogP contribution is -2.52. The zero-order valence-corrected chi connectivity index (χ0v) is 17.0. The molecule has 154 valence electrons. The number of benzene rings is 2. The van der Waals surface area contributed by atoms with Crippen LogP contribution in [0.3, 0.4) is 0 Å². The van der Waals surface area contributed by atoms with Crippen molar-refractivity contribution >= 4 is 34.2 Å². The van der Waals surface area contributed by atoms with Gasteiger partial charge in [-0.15, -0.1) is 0 Å². The van der Waals surface area contributed by atoms with E-state index in [-0.39, 0.29) is 17.2 Å². The fourth-order valence-corrected chi connectivity index (χ4v) is 4.36. The summed E-state index contributed by atoms with van der Waals surface area (Å²) in [6.45, 7) is 0. The monoisotopic (exact) mass is 424 g/mol. The number of amides is 2. The Morgan fingerprint density at radius 1 is 0.967 bits per heavy atom. The molecule has 0 unspecified atom stereocenters. The van der Waals surface area contributed by atoms with Gasteiger partial charge < -0.3 is 0 Å². The third-order valence-corrected chi connectivity index (χ3v) is 5.95. The summed E-state index contributed by atoms with van der Waals surface area (Å²) in [5.41, 5.74) is 4.78. The standard InChI is InChI=1S/C22H21ClN4O3/c23-15-8-6-7-14(13-15)22(11-4-1-5-12-22)21(30)27-26-20(29)18-16-9-2-3-10-17(16)19(28)25-24-18/h2-3,6-10,13H,1,4-5,11-12H2,(H,25,28)(H,26,29)(H,27,30). The van der Waals surface area contributed by atoms with Crippen LogP contribution in [0.25, 0.3) is 10.8 Å². The molecule has 8 heteroatoms. The topological polar surface area (TPSA) is 104 Å². The van der Waals surface area contributed by atoms with E-state index in [2.05, 4.69) is 21.0 Å². The van der Waals surface area contributed by atoms with Crippen LogP contribution < -0.4 is 16.4 Å². The maximum Gasteiger partial charge on any atom is 0.290 e. The number of rotatable bonds is 3. The summed E-state index contributed by atoms with van der Waals surface area (Å²) in [6.07, 6.45) is 4.25. The number of carbonyl (C=O) groups is 2. The van der Waals surface area contributed by atoms with E-state index in [0.29, 0.717) is 28.6 Å². The molecule has 0 aliphatic heterocycles. The Labute approximate surface area is 177 Å². The SMILES string of the molecule is O=C(NNC(=O)C1(c2cccc(Cl)c2)CCCCC1)c1n[nH]c(=O)c2ccccc12. The second-order valence-corrected chi connectivity index (χ2v) is 7.94. The molecule has 0 saturated heterocycles. The van der Waals surface area contributed by atoms with Crippen molar-refractivity contribution in [2.75, 3.05) is 0 Å². The van der Waals surface area contributed by atoms with Gasteiger partial charge in [-0.3, -0.25) is 25.2 Å². The average molecular weight is 425 g/mol. The minimum atomic E-state index is -0.753. The van der Waals surface area contributed by atoms with Crippen LogP contribution in [0.2, 0.25) is 5.02 Å². The first-order chi connectivity index (χ1) is 14.5. The smallest absolute Gasteiger partial charge is 0.272 e. The first kappa shape index (κ1) is 20.1. The number of H-pyrrole nitrogens is 1. The molecule has 0 atom stereocenters. The Kier molecular flexibility index (Phi) is 5.55. The van der Waals surface area contributed by atoms with Crippen molar-refractivity contribution in [3.8, 4) is 0 Å². The van der Waals surface area contributed by atoms with Gasteiger partial charge >= 0.3 is 0 Å². The van der Waals surface area contributed by atoms with Gasteiger partial charge in [0.2, 0.25) is 5.91 Å². The van der Waals surface area contributed by atoms with Crippen molar-refractivity contribution in [1.29, 1.82) is 0 Å². The highest BCUT2D eigenvalue weighted by molar-refractivity contribution is 6.30. The number of carbonyl (C=O) groups excluding carboxylic acids is 2. The molecule has 2 amide bonds. The number of fused-ring (bicyclic) bond motifs is 1. The van der Waals surface area contributed by atoms with E-state index in [1.165, 1.54) is 0 Å². The van der Waals surface area contributed by atoms with Gasteiger partial charge in [-0.2, -0.15) is 5.10 Å². The maximum atomic E-state index is 13.2. The molecule has 3 aromatic rings. The number of nitrogens with one attached hydrogen (secondary N) is 3. The minimum absolute atomic E-state index is 0.0333. The highest BCUT2D eigenvalue weighted by Gasteiger charge is 2.41. The summed E-state index contributed by atoms with van der Waals surface area (Å²) in [5, 5.41) is 7.52. The van der Waals surface area contributed by atoms with Gasteiger partial charge in [0.05, 0.1) is 10.8 Å². The molecule has 30 heavy (non-hydrogen) atoms. The van der Waals surface area contributed by atoms with Crippen molar-refractivity contribution in [2.24, 2.45) is 0 Å². The summed E-state index contributed by atoms with van der Waals surface area (Å²) < 4.78 is 0. The van der Waals surface area contributed by atoms with E-state index < -0.39 is 11.3 Å². The van der Waals surface area contributed by atoms with E-state index in [1.807, 2.05) is 18.2 Å². The summed E-state index contributed by atoms with van der Waals surface area (Å²) in [5.74, 6) is -0.889. The summed E-state index contributed by atoms with van der Waals surface area (Å²) in [4.78, 5) is 37.9. The number of nitrogens with zero attached hydrogens (tertiary/aromatic N) is 1. The largest absolute Gasteiger partial charge is 0.290 e. The van der Waals surface area contributed by atoms with Crippen LogP contribution in [-0.4, -0.2) is 22.0 Å². The van der Waals surface area contributed by atoms with Crippen molar-refractivity contribution in [2.45, 2.75) is 37.5 Å². The van der Waals surface area contributed by atoms with Crippen LogP contribution >= 0.6 is 11.6 Å². The van der Waals surface area contributed by atoms with Crippen molar-refractivity contribution in [3.63, 3.8) is 0 Å². The summed E-state index contributed by atoms with van der Waals surface area (Å²) >= 11 is 6.17. The molecule has 1 fully saturated rings. The molecular formula is C22H21ClN4O3. The Morgan fingerprint density at radius 3 is 2.43 bits per heavy atom. The highest BCUT2D eigenvalue weighted by Crippen LogP contribution is 2.40. The number of hydrazine groups is 1. The van der Waals surface area contributed by atoms with Crippen LogP contribution in [0.1, 0.15) is 48.2 Å². The van der Waals surface area contributed by atoms with E-state index in [4.69, 9.17) is 11.6 Å². The first-order valence-electron chi connectivity index (χ1n) is 9.85. The van der Waals surface area contributed by atoms with Gasteiger partial charge in [-0.25, -0.2) is 5.10 Å². The fraction of sp³-hybridized carbons (Fsp3) is 0.273. The molecule has 0 radical (unpaired) electrons. The lowest BCUT2D eigenvalue weighted by Gasteiger charge is -2.36. The fourth-order valence-electron chi connectivity index (χ4n) is 4.17. The predicted octanol–water partition coefficient (Wildman–Crippen LogP) is 3.24. The highest BCUT2D eigenvalue weighted by atomic mass is 35.5. The molecule has 0 spiro atoms. The normalized spacial score (nSPS) is 15.5. The van der Waals surface area contributed by atoms with Crippen LogP contribution in [-0.2, 0) is 10.2 Å². The number of aromatic nitrogens is 2. The van der Waals surface area contributed by atoms with Gasteiger partial charge in [0.25, 0.3) is 11.5 Å². The molecule has 1 aliphatic carbocycles. The van der Waals surface area contributed by atoms with E-state index >= 15 is 0 Å². The van der Waals surface area contributed by atoms with E-state index in [9.17, 15) is 14.4 Å². The summed E-state index contributed by atoms with van der Waals surface area (Å²) in [7, 11) is 0. The Bertz CT molecular complexity index is 1170. The molecule has 1 saturated carbocycles. The van der Waals surface area contributed by atoms with Crippen molar-refractivity contribution in [3.05, 3.63) is 75.2 Å². The quantitative estimate of drug-likeness (QED) is 0.561.